The highest BCUT2D eigenvalue weighted by molar-refractivity contribution is 8.02. The van der Waals surface area contributed by atoms with Gasteiger partial charge in [-0.05, 0) is 18.6 Å². The van der Waals surface area contributed by atoms with Gasteiger partial charge in [-0.3, -0.25) is 0 Å². The Hall–Kier alpha value is -0.440. The minimum atomic E-state index is -0.119. The Kier molecular flexibility index (Phi) is 3.42. The van der Waals surface area contributed by atoms with E-state index in [1.54, 1.807) is 11.8 Å². The SMILES string of the molecule is CCC1OC(=O)C(C(C)C)=C1SC. The fraction of sp³-hybridized carbons (Fsp3) is 0.700. The van der Waals surface area contributed by atoms with E-state index in [0.29, 0.717) is 0 Å². The molecule has 1 unspecified atom stereocenters. The largest absolute Gasteiger partial charge is 0.454 e. The lowest BCUT2D eigenvalue weighted by Crippen LogP contribution is -2.09. The highest BCUT2D eigenvalue weighted by atomic mass is 32.2. The van der Waals surface area contributed by atoms with Crippen LogP contribution in [0.15, 0.2) is 10.5 Å². The summed E-state index contributed by atoms with van der Waals surface area (Å²) in [6.45, 7) is 6.10. The smallest absolute Gasteiger partial charge is 0.335 e. The summed E-state index contributed by atoms with van der Waals surface area (Å²) in [4.78, 5) is 12.6. The summed E-state index contributed by atoms with van der Waals surface area (Å²) < 4.78 is 5.25. The van der Waals surface area contributed by atoms with Crippen molar-refractivity contribution in [1.82, 2.24) is 0 Å². The maximum absolute atomic E-state index is 11.5. The second kappa shape index (κ2) is 4.18. The first kappa shape index (κ1) is 10.6. The zero-order valence-electron chi connectivity index (χ0n) is 8.59. The van der Waals surface area contributed by atoms with Crippen LogP contribution in [0.2, 0.25) is 0 Å². The molecular weight excluding hydrogens is 184 g/mol. The summed E-state index contributed by atoms with van der Waals surface area (Å²) in [5.41, 5.74) is 0.874. The number of ether oxygens (including phenoxy) is 1. The Balaban J connectivity index is 3.00. The van der Waals surface area contributed by atoms with Gasteiger partial charge in [0, 0.05) is 4.91 Å². The molecule has 0 saturated heterocycles. The second-order valence-corrected chi connectivity index (χ2v) is 4.29. The van der Waals surface area contributed by atoms with Crippen LogP contribution >= 0.6 is 11.8 Å². The third kappa shape index (κ3) is 1.90. The third-order valence-corrected chi connectivity index (χ3v) is 3.12. The highest BCUT2D eigenvalue weighted by Crippen LogP contribution is 2.35. The summed E-state index contributed by atoms with van der Waals surface area (Å²) >= 11 is 1.64. The van der Waals surface area contributed by atoms with Gasteiger partial charge in [0.2, 0.25) is 0 Å². The molecule has 1 heterocycles. The third-order valence-electron chi connectivity index (χ3n) is 2.20. The van der Waals surface area contributed by atoms with E-state index in [-0.39, 0.29) is 18.0 Å². The van der Waals surface area contributed by atoms with E-state index in [1.165, 1.54) is 0 Å². The highest BCUT2D eigenvalue weighted by Gasteiger charge is 2.33. The summed E-state index contributed by atoms with van der Waals surface area (Å²) in [5, 5.41) is 0. The van der Waals surface area contributed by atoms with E-state index in [1.807, 2.05) is 27.0 Å². The van der Waals surface area contributed by atoms with Gasteiger partial charge in [-0.25, -0.2) is 4.79 Å². The minimum Gasteiger partial charge on any atom is -0.454 e. The fourth-order valence-electron chi connectivity index (χ4n) is 1.55. The number of rotatable bonds is 3. The molecule has 13 heavy (non-hydrogen) atoms. The summed E-state index contributed by atoms with van der Waals surface area (Å²) in [7, 11) is 0. The average Bonchev–Trinajstić information content (AvgIpc) is 2.41. The molecule has 0 amide bonds. The van der Waals surface area contributed by atoms with Crippen LogP contribution in [0.3, 0.4) is 0 Å². The van der Waals surface area contributed by atoms with Crippen molar-refractivity contribution >= 4 is 17.7 Å². The van der Waals surface area contributed by atoms with Crippen LogP contribution in [0.4, 0.5) is 0 Å². The molecule has 1 atom stereocenters. The first-order valence-electron chi connectivity index (χ1n) is 4.60. The molecule has 0 bridgehead atoms. The van der Waals surface area contributed by atoms with E-state index in [0.717, 1.165) is 16.9 Å². The van der Waals surface area contributed by atoms with Gasteiger partial charge >= 0.3 is 5.97 Å². The number of thioether (sulfide) groups is 1. The second-order valence-electron chi connectivity index (χ2n) is 3.44. The predicted molar refractivity (Wildman–Crippen MR) is 55.6 cm³/mol. The molecule has 0 aromatic heterocycles. The van der Waals surface area contributed by atoms with Gasteiger partial charge in [0.15, 0.2) is 0 Å². The molecule has 0 fully saturated rings. The van der Waals surface area contributed by atoms with Crippen molar-refractivity contribution in [1.29, 1.82) is 0 Å². The molecule has 0 aromatic rings. The summed E-state index contributed by atoms with van der Waals surface area (Å²) in [5.74, 6) is 0.151. The van der Waals surface area contributed by atoms with Crippen molar-refractivity contribution in [3.63, 3.8) is 0 Å². The molecule has 74 valence electrons. The first-order chi connectivity index (χ1) is 6.11. The van der Waals surface area contributed by atoms with Crippen LogP contribution in [-0.2, 0) is 9.53 Å². The summed E-state index contributed by atoms with van der Waals surface area (Å²) in [6, 6.07) is 0. The molecule has 0 spiro atoms. The lowest BCUT2D eigenvalue weighted by atomic mass is 10.0. The molecule has 0 aliphatic carbocycles. The van der Waals surface area contributed by atoms with Crippen LogP contribution in [0.25, 0.3) is 0 Å². The number of hydrogen-bond acceptors (Lipinski definition) is 3. The number of hydrogen-bond donors (Lipinski definition) is 0. The van der Waals surface area contributed by atoms with Gasteiger partial charge in [0.25, 0.3) is 0 Å². The zero-order valence-corrected chi connectivity index (χ0v) is 9.40. The molecule has 0 N–H and O–H groups in total. The molecule has 1 rings (SSSR count). The first-order valence-corrected chi connectivity index (χ1v) is 5.83. The van der Waals surface area contributed by atoms with Gasteiger partial charge in [-0.15, -0.1) is 11.8 Å². The van der Waals surface area contributed by atoms with Crippen LogP contribution in [0.5, 0.6) is 0 Å². The van der Waals surface area contributed by atoms with Gasteiger partial charge in [0.1, 0.15) is 6.10 Å². The van der Waals surface area contributed by atoms with E-state index in [4.69, 9.17) is 4.74 Å². The number of cyclic esters (lactones) is 1. The number of carbonyl (C=O) groups is 1. The molecule has 1 aliphatic heterocycles. The Morgan fingerprint density at radius 3 is 2.54 bits per heavy atom. The fourth-order valence-corrected chi connectivity index (χ4v) is 2.57. The van der Waals surface area contributed by atoms with Crippen molar-refractivity contribution in [2.45, 2.75) is 33.3 Å². The number of esters is 1. The maximum Gasteiger partial charge on any atom is 0.335 e. The Morgan fingerprint density at radius 2 is 2.15 bits per heavy atom. The predicted octanol–water partition coefficient (Wildman–Crippen LogP) is 2.59. The van der Waals surface area contributed by atoms with E-state index >= 15 is 0 Å². The summed E-state index contributed by atoms with van der Waals surface area (Å²) in [6.07, 6.45) is 2.89. The number of carbonyl (C=O) groups excluding carboxylic acids is 1. The molecule has 1 aliphatic rings. The Labute approximate surface area is 83.7 Å². The molecule has 0 aromatic carbocycles. The zero-order chi connectivity index (χ0) is 10.0. The quantitative estimate of drug-likeness (QED) is 0.655. The molecule has 2 nitrogen and oxygen atoms in total. The van der Waals surface area contributed by atoms with Crippen LogP contribution in [-0.4, -0.2) is 18.3 Å². The Morgan fingerprint density at radius 1 is 1.54 bits per heavy atom. The van der Waals surface area contributed by atoms with Crippen molar-refractivity contribution in [3.05, 3.63) is 10.5 Å². The van der Waals surface area contributed by atoms with Gasteiger partial charge in [-0.2, -0.15) is 0 Å². The van der Waals surface area contributed by atoms with Crippen molar-refractivity contribution in [3.8, 4) is 0 Å². The lowest BCUT2D eigenvalue weighted by Gasteiger charge is -2.09. The molecule has 0 radical (unpaired) electrons. The van der Waals surface area contributed by atoms with Crippen molar-refractivity contribution in [2.75, 3.05) is 6.26 Å². The Bertz CT molecular complexity index is 243. The minimum absolute atomic E-state index is 0.0138. The monoisotopic (exact) mass is 200 g/mol. The van der Waals surface area contributed by atoms with Crippen molar-refractivity contribution in [2.24, 2.45) is 5.92 Å². The molecular formula is C10H16O2S. The standard InChI is InChI=1S/C10H16O2S/c1-5-7-9(13-4)8(6(2)3)10(11)12-7/h6-7H,5H2,1-4H3. The van der Waals surface area contributed by atoms with E-state index < -0.39 is 0 Å². The van der Waals surface area contributed by atoms with E-state index in [9.17, 15) is 4.79 Å². The van der Waals surface area contributed by atoms with Crippen LogP contribution in [0, 0.1) is 5.92 Å². The van der Waals surface area contributed by atoms with Gasteiger partial charge < -0.3 is 4.74 Å². The topological polar surface area (TPSA) is 26.3 Å². The van der Waals surface area contributed by atoms with Gasteiger partial charge in [0.05, 0.1) is 5.57 Å². The van der Waals surface area contributed by atoms with Crippen molar-refractivity contribution < 1.29 is 9.53 Å². The maximum atomic E-state index is 11.5. The lowest BCUT2D eigenvalue weighted by molar-refractivity contribution is -0.140. The van der Waals surface area contributed by atoms with E-state index in [2.05, 4.69) is 0 Å². The van der Waals surface area contributed by atoms with Crippen LogP contribution < -0.4 is 0 Å². The average molecular weight is 200 g/mol. The van der Waals surface area contributed by atoms with Gasteiger partial charge in [-0.1, -0.05) is 20.8 Å². The van der Waals surface area contributed by atoms with Crippen LogP contribution in [0.1, 0.15) is 27.2 Å². The molecule has 0 saturated carbocycles. The normalized spacial score (nSPS) is 22.8. The molecule has 3 heteroatoms.